The first kappa shape index (κ1) is 15.7. The van der Waals surface area contributed by atoms with Gasteiger partial charge < -0.3 is 15.5 Å². The zero-order valence-electron chi connectivity index (χ0n) is 12.7. The van der Waals surface area contributed by atoms with Crippen molar-refractivity contribution >= 4 is 5.91 Å². The zero-order valence-corrected chi connectivity index (χ0v) is 12.7. The molecule has 5 heteroatoms. The number of likely N-dealkylation sites (tertiary alicyclic amines) is 1. The Morgan fingerprint density at radius 1 is 0.950 bits per heavy atom. The first-order valence-corrected chi connectivity index (χ1v) is 8.27. The van der Waals surface area contributed by atoms with Crippen molar-refractivity contribution in [2.75, 3.05) is 58.9 Å². The van der Waals surface area contributed by atoms with E-state index in [0.717, 1.165) is 52.1 Å². The van der Waals surface area contributed by atoms with Gasteiger partial charge in [0.05, 0.1) is 6.54 Å². The summed E-state index contributed by atoms with van der Waals surface area (Å²) in [4.78, 5) is 16.7. The van der Waals surface area contributed by atoms with Crippen LogP contribution in [0.5, 0.6) is 0 Å². The molecule has 0 aromatic carbocycles. The van der Waals surface area contributed by atoms with E-state index in [1.54, 1.807) is 0 Å². The number of hydrogen-bond donors (Lipinski definition) is 2. The molecular formula is C15H30N4O. The molecule has 5 nitrogen and oxygen atoms in total. The van der Waals surface area contributed by atoms with Gasteiger partial charge >= 0.3 is 0 Å². The Hall–Kier alpha value is -0.650. The number of nitrogens with one attached hydrogen (secondary N) is 2. The van der Waals surface area contributed by atoms with Crippen molar-refractivity contribution < 1.29 is 4.79 Å². The van der Waals surface area contributed by atoms with E-state index in [1.807, 2.05) is 0 Å². The first-order chi connectivity index (χ1) is 9.84. The van der Waals surface area contributed by atoms with Crippen LogP contribution >= 0.6 is 0 Å². The summed E-state index contributed by atoms with van der Waals surface area (Å²) in [5.74, 6) is 0.186. The van der Waals surface area contributed by atoms with Crippen LogP contribution in [-0.4, -0.2) is 74.6 Å². The minimum atomic E-state index is 0.186. The fourth-order valence-electron chi connectivity index (χ4n) is 3.03. The van der Waals surface area contributed by atoms with Gasteiger partial charge in [-0.25, -0.2) is 0 Å². The molecule has 0 unspecified atom stereocenters. The van der Waals surface area contributed by atoms with Gasteiger partial charge in [-0.05, 0) is 58.4 Å². The molecule has 0 atom stereocenters. The lowest BCUT2D eigenvalue weighted by atomic mass is 10.1. The minimum Gasteiger partial charge on any atom is -0.355 e. The molecule has 20 heavy (non-hydrogen) atoms. The van der Waals surface area contributed by atoms with Gasteiger partial charge in [0, 0.05) is 19.6 Å². The van der Waals surface area contributed by atoms with Crippen LogP contribution in [0.25, 0.3) is 0 Å². The summed E-state index contributed by atoms with van der Waals surface area (Å²) in [5, 5.41) is 6.42. The normalized spacial score (nSPS) is 22.4. The largest absolute Gasteiger partial charge is 0.355 e. The van der Waals surface area contributed by atoms with Crippen LogP contribution in [0.3, 0.4) is 0 Å². The number of carbonyl (C=O) groups is 1. The fourth-order valence-corrected chi connectivity index (χ4v) is 3.03. The highest BCUT2D eigenvalue weighted by Crippen LogP contribution is 2.08. The minimum absolute atomic E-state index is 0.186. The number of piperidine rings is 1. The number of amides is 1. The number of carbonyl (C=O) groups excluding carboxylic acids is 1. The lowest BCUT2D eigenvalue weighted by Crippen LogP contribution is -2.40. The Balaban J connectivity index is 1.50. The summed E-state index contributed by atoms with van der Waals surface area (Å²) < 4.78 is 0. The molecule has 2 N–H and O–H groups in total. The third-order valence-corrected chi connectivity index (χ3v) is 4.22. The van der Waals surface area contributed by atoms with E-state index in [9.17, 15) is 4.79 Å². The summed E-state index contributed by atoms with van der Waals surface area (Å²) >= 11 is 0. The van der Waals surface area contributed by atoms with E-state index in [4.69, 9.17) is 0 Å². The maximum atomic E-state index is 11.9. The summed E-state index contributed by atoms with van der Waals surface area (Å²) in [7, 11) is 0. The van der Waals surface area contributed by atoms with Gasteiger partial charge in [0.15, 0.2) is 0 Å². The quantitative estimate of drug-likeness (QED) is 0.687. The van der Waals surface area contributed by atoms with Crippen LogP contribution in [0.1, 0.15) is 32.1 Å². The molecule has 1 amide bonds. The highest BCUT2D eigenvalue weighted by atomic mass is 16.2. The molecule has 0 spiro atoms. The van der Waals surface area contributed by atoms with Crippen molar-refractivity contribution in [3.05, 3.63) is 0 Å². The lowest BCUT2D eigenvalue weighted by molar-refractivity contribution is -0.122. The van der Waals surface area contributed by atoms with Gasteiger partial charge in [-0.15, -0.1) is 0 Å². The van der Waals surface area contributed by atoms with Gasteiger partial charge in [-0.3, -0.25) is 9.69 Å². The monoisotopic (exact) mass is 282 g/mol. The third kappa shape index (κ3) is 6.20. The predicted octanol–water partition coefficient (Wildman–Crippen LogP) is 0.274. The second kappa shape index (κ2) is 9.32. The molecule has 0 aromatic heterocycles. The predicted molar refractivity (Wildman–Crippen MR) is 81.8 cm³/mol. The van der Waals surface area contributed by atoms with E-state index >= 15 is 0 Å². The molecule has 0 aromatic rings. The molecule has 2 saturated heterocycles. The molecule has 2 aliphatic heterocycles. The van der Waals surface area contributed by atoms with E-state index in [0.29, 0.717) is 6.54 Å². The van der Waals surface area contributed by atoms with Gasteiger partial charge in [-0.1, -0.05) is 6.42 Å². The summed E-state index contributed by atoms with van der Waals surface area (Å²) in [6, 6.07) is 0. The van der Waals surface area contributed by atoms with Gasteiger partial charge in [0.25, 0.3) is 0 Å². The average molecular weight is 282 g/mol. The molecule has 0 radical (unpaired) electrons. The SMILES string of the molecule is O=C(CN1CCCNCC1)NCCCN1CCCCC1. The number of rotatable bonds is 6. The molecule has 0 bridgehead atoms. The molecule has 0 aliphatic carbocycles. The van der Waals surface area contributed by atoms with E-state index < -0.39 is 0 Å². The van der Waals surface area contributed by atoms with Gasteiger partial charge in [-0.2, -0.15) is 0 Å². The average Bonchev–Trinajstić information content (AvgIpc) is 2.73. The van der Waals surface area contributed by atoms with Crippen LogP contribution in [0.4, 0.5) is 0 Å². The molecule has 2 aliphatic rings. The molecule has 116 valence electrons. The van der Waals surface area contributed by atoms with Crippen LogP contribution in [0, 0.1) is 0 Å². The molecule has 2 fully saturated rings. The van der Waals surface area contributed by atoms with Crippen molar-refractivity contribution in [3.8, 4) is 0 Å². The van der Waals surface area contributed by atoms with E-state index in [2.05, 4.69) is 20.4 Å². The van der Waals surface area contributed by atoms with Crippen molar-refractivity contribution in [1.82, 2.24) is 20.4 Å². The Morgan fingerprint density at radius 3 is 2.60 bits per heavy atom. The maximum absolute atomic E-state index is 11.9. The van der Waals surface area contributed by atoms with E-state index in [1.165, 1.54) is 32.4 Å². The number of hydrogen-bond acceptors (Lipinski definition) is 4. The summed E-state index contributed by atoms with van der Waals surface area (Å²) in [5.41, 5.74) is 0. The van der Waals surface area contributed by atoms with Crippen molar-refractivity contribution in [2.45, 2.75) is 32.1 Å². The Morgan fingerprint density at radius 2 is 1.75 bits per heavy atom. The zero-order chi connectivity index (χ0) is 14.0. The molecule has 2 heterocycles. The highest BCUT2D eigenvalue weighted by Gasteiger charge is 2.13. The van der Waals surface area contributed by atoms with Crippen LogP contribution in [0.2, 0.25) is 0 Å². The smallest absolute Gasteiger partial charge is 0.234 e. The second-order valence-electron chi connectivity index (χ2n) is 5.99. The summed E-state index contributed by atoms with van der Waals surface area (Å²) in [6.07, 6.45) is 6.29. The van der Waals surface area contributed by atoms with Crippen LogP contribution < -0.4 is 10.6 Å². The fraction of sp³-hybridized carbons (Fsp3) is 0.933. The molecule has 2 rings (SSSR count). The second-order valence-corrected chi connectivity index (χ2v) is 5.99. The third-order valence-electron chi connectivity index (χ3n) is 4.22. The van der Waals surface area contributed by atoms with Gasteiger partial charge in [0.2, 0.25) is 5.91 Å². The number of nitrogens with zero attached hydrogens (tertiary/aromatic N) is 2. The van der Waals surface area contributed by atoms with Crippen molar-refractivity contribution in [2.24, 2.45) is 0 Å². The molecule has 0 saturated carbocycles. The Kier molecular flexibility index (Phi) is 7.33. The van der Waals surface area contributed by atoms with Gasteiger partial charge in [0.1, 0.15) is 0 Å². The standard InChI is InChI=1S/C15H30N4O/c20-15(14-19-12-4-6-16-8-13-19)17-7-5-11-18-9-2-1-3-10-18/h16H,1-14H2,(H,17,20). The first-order valence-electron chi connectivity index (χ1n) is 8.27. The highest BCUT2D eigenvalue weighted by molar-refractivity contribution is 5.77. The van der Waals surface area contributed by atoms with Crippen LogP contribution in [-0.2, 0) is 4.79 Å². The Labute approximate surface area is 123 Å². The van der Waals surface area contributed by atoms with Crippen LogP contribution in [0.15, 0.2) is 0 Å². The van der Waals surface area contributed by atoms with Crippen molar-refractivity contribution in [3.63, 3.8) is 0 Å². The maximum Gasteiger partial charge on any atom is 0.234 e. The molecular weight excluding hydrogens is 252 g/mol. The Bertz CT molecular complexity index is 271. The lowest BCUT2D eigenvalue weighted by Gasteiger charge is -2.26. The van der Waals surface area contributed by atoms with Crippen molar-refractivity contribution in [1.29, 1.82) is 0 Å². The topological polar surface area (TPSA) is 47.6 Å². The summed E-state index contributed by atoms with van der Waals surface area (Å²) in [6.45, 7) is 9.11. The van der Waals surface area contributed by atoms with E-state index in [-0.39, 0.29) is 5.91 Å².